The highest BCUT2D eigenvalue weighted by Crippen LogP contribution is 2.29. The van der Waals surface area contributed by atoms with Crippen LogP contribution in [-0.2, 0) is 0 Å². The number of likely N-dealkylation sites (tertiary alicyclic amines) is 1. The fraction of sp³-hybridized carbons (Fsp3) is 0.500. The molecule has 2 rings (SSSR count). The van der Waals surface area contributed by atoms with Crippen LogP contribution >= 0.6 is 11.6 Å². The molecule has 82 valence electrons. The average Bonchev–Trinajstić information content (AvgIpc) is 2.17. The lowest BCUT2D eigenvalue weighted by Gasteiger charge is -2.34. The highest BCUT2D eigenvalue weighted by molar-refractivity contribution is 6.30. The number of hydrogen-bond acceptors (Lipinski definition) is 2. The number of hydrogen-bond donors (Lipinski definition) is 1. The Labute approximate surface area is 95.5 Å². The molecule has 15 heavy (non-hydrogen) atoms. The first-order valence-corrected chi connectivity index (χ1v) is 5.66. The lowest BCUT2D eigenvalue weighted by molar-refractivity contribution is 0.0638. The maximum Gasteiger partial charge on any atom is 0.0735 e. The van der Waals surface area contributed by atoms with Gasteiger partial charge in [0.2, 0.25) is 0 Å². The van der Waals surface area contributed by atoms with Crippen molar-refractivity contribution < 1.29 is 5.11 Å². The molecule has 0 spiro atoms. The SMILES string of the molecule is CN1CCC(c2cccc(Cl)c2)C(O)C1. The lowest BCUT2D eigenvalue weighted by atomic mass is 9.87. The van der Waals surface area contributed by atoms with Crippen molar-refractivity contribution in [3.05, 3.63) is 34.9 Å². The molecule has 1 heterocycles. The Hall–Kier alpha value is -0.570. The minimum atomic E-state index is -0.276. The third-order valence-electron chi connectivity index (χ3n) is 3.06. The number of aliphatic hydroxyl groups excluding tert-OH is 1. The first-order chi connectivity index (χ1) is 7.16. The van der Waals surface area contributed by atoms with Gasteiger partial charge in [-0.3, -0.25) is 0 Å². The van der Waals surface area contributed by atoms with Crippen LogP contribution in [0.4, 0.5) is 0 Å². The molecule has 1 aliphatic rings. The van der Waals surface area contributed by atoms with Gasteiger partial charge in [0.1, 0.15) is 0 Å². The molecule has 1 aliphatic heterocycles. The van der Waals surface area contributed by atoms with E-state index < -0.39 is 0 Å². The summed E-state index contributed by atoms with van der Waals surface area (Å²) in [6.07, 6.45) is 0.722. The highest BCUT2D eigenvalue weighted by atomic mass is 35.5. The van der Waals surface area contributed by atoms with Crippen LogP contribution in [0.5, 0.6) is 0 Å². The molecule has 3 heteroatoms. The molecule has 0 bridgehead atoms. The standard InChI is InChI=1S/C12H16ClNO/c1-14-6-5-11(12(15)8-14)9-3-2-4-10(13)7-9/h2-4,7,11-12,15H,5-6,8H2,1H3. The molecule has 1 aromatic carbocycles. The van der Waals surface area contributed by atoms with Gasteiger partial charge in [0.15, 0.2) is 0 Å². The average molecular weight is 226 g/mol. The second-order valence-electron chi connectivity index (χ2n) is 4.28. The Morgan fingerprint density at radius 3 is 2.93 bits per heavy atom. The van der Waals surface area contributed by atoms with Crippen LogP contribution in [0.3, 0.4) is 0 Å². The topological polar surface area (TPSA) is 23.5 Å². The molecule has 0 radical (unpaired) electrons. The fourth-order valence-corrected chi connectivity index (χ4v) is 2.41. The lowest BCUT2D eigenvalue weighted by Crippen LogP contribution is -2.40. The van der Waals surface area contributed by atoms with Gasteiger partial charge >= 0.3 is 0 Å². The summed E-state index contributed by atoms with van der Waals surface area (Å²) in [6.45, 7) is 1.78. The Kier molecular flexibility index (Phi) is 3.29. The predicted molar refractivity (Wildman–Crippen MR) is 62.3 cm³/mol. The van der Waals surface area contributed by atoms with Crippen LogP contribution in [0.2, 0.25) is 5.02 Å². The molecule has 1 aromatic rings. The number of aliphatic hydroxyl groups is 1. The van der Waals surface area contributed by atoms with Gasteiger partial charge < -0.3 is 10.0 Å². The quantitative estimate of drug-likeness (QED) is 0.792. The molecule has 0 saturated carbocycles. The number of β-amino-alcohol motifs (C(OH)–C–C–N with tert-alkyl or cyclic N) is 1. The molecule has 2 nitrogen and oxygen atoms in total. The van der Waals surface area contributed by atoms with Crippen molar-refractivity contribution in [2.75, 3.05) is 20.1 Å². The van der Waals surface area contributed by atoms with Crippen molar-refractivity contribution >= 4 is 11.6 Å². The van der Waals surface area contributed by atoms with Crippen LogP contribution in [0.1, 0.15) is 17.9 Å². The number of rotatable bonds is 1. The van der Waals surface area contributed by atoms with Gasteiger partial charge in [-0.1, -0.05) is 23.7 Å². The Morgan fingerprint density at radius 2 is 2.27 bits per heavy atom. The van der Waals surface area contributed by atoms with E-state index in [9.17, 15) is 5.11 Å². The zero-order valence-electron chi connectivity index (χ0n) is 8.86. The minimum Gasteiger partial charge on any atom is -0.391 e. The molecular formula is C12H16ClNO. The van der Waals surface area contributed by atoms with E-state index in [0.717, 1.165) is 30.1 Å². The van der Waals surface area contributed by atoms with E-state index in [0.29, 0.717) is 0 Å². The predicted octanol–water partition coefficient (Wildman–Crippen LogP) is 2.12. The van der Waals surface area contributed by atoms with E-state index in [2.05, 4.69) is 4.90 Å². The van der Waals surface area contributed by atoms with Crippen molar-refractivity contribution in [2.45, 2.75) is 18.4 Å². The van der Waals surface area contributed by atoms with Crippen molar-refractivity contribution in [2.24, 2.45) is 0 Å². The van der Waals surface area contributed by atoms with Gasteiger partial charge in [0.25, 0.3) is 0 Å². The molecule has 0 amide bonds. The van der Waals surface area contributed by atoms with Crippen molar-refractivity contribution in [1.29, 1.82) is 0 Å². The van der Waals surface area contributed by atoms with Gasteiger partial charge in [-0.25, -0.2) is 0 Å². The van der Waals surface area contributed by atoms with E-state index in [-0.39, 0.29) is 12.0 Å². The number of benzene rings is 1. The molecular weight excluding hydrogens is 210 g/mol. The number of nitrogens with zero attached hydrogens (tertiary/aromatic N) is 1. The van der Waals surface area contributed by atoms with Gasteiger partial charge in [-0.05, 0) is 37.7 Å². The maximum absolute atomic E-state index is 10.00. The monoisotopic (exact) mass is 225 g/mol. The zero-order valence-corrected chi connectivity index (χ0v) is 9.61. The fourth-order valence-electron chi connectivity index (χ4n) is 2.22. The summed E-state index contributed by atoms with van der Waals surface area (Å²) < 4.78 is 0. The second-order valence-corrected chi connectivity index (χ2v) is 4.72. The van der Waals surface area contributed by atoms with E-state index in [4.69, 9.17) is 11.6 Å². The molecule has 2 unspecified atom stereocenters. The van der Waals surface area contributed by atoms with Crippen LogP contribution in [0.25, 0.3) is 0 Å². The normalized spacial score (nSPS) is 27.9. The summed E-state index contributed by atoms with van der Waals surface area (Å²) in [4.78, 5) is 2.16. The third kappa shape index (κ3) is 2.51. The largest absolute Gasteiger partial charge is 0.391 e. The molecule has 0 aromatic heterocycles. The summed E-state index contributed by atoms with van der Waals surface area (Å²) >= 11 is 5.95. The Balaban J connectivity index is 2.17. The smallest absolute Gasteiger partial charge is 0.0735 e. The highest BCUT2D eigenvalue weighted by Gasteiger charge is 2.26. The number of piperidine rings is 1. The third-order valence-corrected chi connectivity index (χ3v) is 3.30. The summed E-state index contributed by atoms with van der Waals surface area (Å²) in [5.41, 5.74) is 1.16. The molecule has 2 atom stereocenters. The summed E-state index contributed by atoms with van der Waals surface area (Å²) in [6, 6.07) is 7.82. The van der Waals surface area contributed by atoms with Crippen LogP contribution < -0.4 is 0 Å². The van der Waals surface area contributed by atoms with Gasteiger partial charge in [-0.2, -0.15) is 0 Å². The van der Waals surface area contributed by atoms with Crippen molar-refractivity contribution in [3.63, 3.8) is 0 Å². The van der Waals surface area contributed by atoms with Crippen LogP contribution in [0, 0.1) is 0 Å². The van der Waals surface area contributed by atoms with E-state index in [1.165, 1.54) is 0 Å². The molecule has 0 aliphatic carbocycles. The summed E-state index contributed by atoms with van der Waals surface area (Å²) in [5, 5.41) is 10.7. The minimum absolute atomic E-state index is 0.236. The van der Waals surface area contributed by atoms with Crippen molar-refractivity contribution in [1.82, 2.24) is 4.90 Å². The first kappa shape index (κ1) is 10.9. The molecule has 1 fully saturated rings. The summed E-state index contributed by atoms with van der Waals surface area (Å²) in [5.74, 6) is 0.236. The first-order valence-electron chi connectivity index (χ1n) is 5.29. The van der Waals surface area contributed by atoms with Crippen molar-refractivity contribution in [3.8, 4) is 0 Å². The number of likely N-dealkylation sites (N-methyl/N-ethyl adjacent to an activating group) is 1. The molecule has 1 N–H and O–H groups in total. The van der Waals surface area contributed by atoms with Crippen LogP contribution in [-0.4, -0.2) is 36.2 Å². The van der Waals surface area contributed by atoms with E-state index in [1.54, 1.807) is 0 Å². The zero-order chi connectivity index (χ0) is 10.8. The van der Waals surface area contributed by atoms with Gasteiger partial charge in [-0.15, -0.1) is 0 Å². The Morgan fingerprint density at radius 1 is 1.47 bits per heavy atom. The van der Waals surface area contributed by atoms with Crippen LogP contribution in [0.15, 0.2) is 24.3 Å². The van der Waals surface area contributed by atoms with Gasteiger partial charge in [0, 0.05) is 17.5 Å². The molecule has 1 saturated heterocycles. The summed E-state index contributed by atoms with van der Waals surface area (Å²) in [7, 11) is 2.04. The maximum atomic E-state index is 10.00. The Bertz CT molecular complexity index is 342. The second kappa shape index (κ2) is 4.52. The van der Waals surface area contributed by atoms with E-state index >= 15 is 0 Å². The van der Waals surface area contributed by atoms with E-state index in [1.807, 2.05) is 31.3 Å². The number of halogens is 1. The van der Waals surface area contributed by atoms with Gasteiger partial charge in [0.05, 0.1) is 6.10 Å².